The van der Waals surface area contributed by atoms with Gasteiger partial charge in [0.1, 0.15) is 12.2 Å². The monoisotopic (exact) mass is 177 g/mol. The summed E-state index contributed by atoms with van der Waals surface area (Å²) in [5.41, 5.74) is 0. The van der Waals surface area contributed by atoms with Crippen LogP contribution >= 0.6 is 0 Å². The molecule has 0 saturated carbocycles. The third-order valence-corrected chi connectivity index (χ3v) is 1.24. The van der Waals surface area contributed by atoms with Crippen molar-refractivity contribution >= 4 is 12.2 Å². The second-order valence-corrected chi connectivity index (χ2v) is 2.16. The molecule has 0 saturated heterocycles. The Morgan fingerprint density at radius 1 is 1.50 bits per heavy atom. The summed E-state index contributed by atoms with van der Waals surface area (Å²) in [7, 11) is 0. The van der Waals surface area contributed by atoms with Crippen LogP contribution in [-0.2, 0) is 9.59 Å². The van der Waals surface area contributed by atoms with Crippen LogP contribution in [0.5, 0.6) is 0 Å². The van der Waals surface area contributed by atoms with Crippen LogP contribution in [0.25, 0.3) is 0 Å². The summed E-state index contributed by atoms with van der Waals surface area (Å²) in [6.07, 6.45) is -2.84. The average molecular weight is 177 g/mol. The van der Waals surface area contributed by atoms with Gasteiger partial charge in [-0.1, -0.05) is 0 Å². The van der Waals surface area contributed by atoms with Crippen molar-refractivity contribution in [2.24, 2.45) is 0 Å². The minimum absolute atomic E-state index is 0.302. The lowest BCUT2D eigenvalue weighted by molar-refractivity contribution is -0.134. The molecule has 0 aliphatic heterocycles. The number of hydrogen-bond acceptors (Lipinski definition) is 5. The summed E-state index contributed by atoms with van der Waals surface area (Å²) < 4.78 is 0. The first-order chi connectivity index (χ1) is 5.63. The van der Waals surface area contributed by atoms with Crippen molar-refractivity contribution in [1.82, 2.24) is 5.32 Å². The van der Waals surface area contributed by atoms with E-state index < -0.39 is 24.6 Å². The molecule has 0 radical (unpaired) electrons. The van der Waals surface area contributed by atoms with Gasteiger partial charge in [0.05, 0.1) is 13.2 Å². The fourth-order valence-electron chi connectivity index (χ4n) is 0.561. The maximum Gasteiger partial charge on any atom is 0.207 e. The standard InChI is InChI=1S/C6H11NO5/c8-2-5(11)6(12)4(10)1-7-3-9/h3,5-6,8,11-12H,1-2H2,(H,7,9). The summed E-state index contributed by atoms with van der Waals surface area (Å²) in [6.45, 7) is -1.06. The van der Waals surface area contributed by atoms with Crippen LogP contribution in [0, 0.1) is 0 Å². The molecule has 6 heteroatoms. The Hall–Kier alpha value is -0.980. The Labute approximate surface area is 68.8 Å². The number of hydrogen-bond donors (Lipinski definition) is 4. The Kier molecular flexibility index (Phi) is 5.18. The van der Waals surface area contributed by atoms with Crippen LogP contribution < -0.4 is 5.32 Å². The summed E-state index contributed by atoms with van der Waals surface area (Å²) in [5.74, 6) is -0.747. The molecule has 0 rings (SSSR count). The predicted octanol–water partition coefficient (Wildman–Crippen LogP) is -2.98. The fourth-order valence-corrected chi connectivity index (χ4v) is 0.561. The number of carbonyl (C=O) groups excluding carboxylic acids is 2. The number of nitrogens with one attached hydrogen (secondary N) is 1. The lowest BCUT2D eigenvalue weighted by Gasteiger charge is -2.13. The molecule has 0 spiro atoms. The molecule has 0 bridgehead atoms. The molecule has 1 amide bonds. The van der Waals surface area contributed by atoms with Crippen LogP contribution in [0.4, 0.5) is 0 Å². The van der Waals surface area contributed by atoms with Gasteiger partial charge in [0.2, 0.25) is 6.41 Å². The summed E-state index contributed by atoms with van der Waals surface area (Å²) in [6, 6.07) is 0. The number of aliphatic hydroxyl groups is 3. The van der Waals surface area contributed by atoms with Gasteiger partial charge in [0, 0.05) is 0 Å². The molecule has 4 N–H and O–H groups in total. The SMILES string of the molecule is O=CNCC(=O)C(O)C(O)CO. The second-order valence-electron chi connectivity index (χ2n) is 2.16. The highest BCUT2D eigenvalue weighted by atomic mass is 16.4. The van der Waals surface area contributed by atoms with Crippen molar-refractivity contribution in [1.29, 1.82) is 0 Å². The highest BCUT2D eigenvalue weighted by Crippen LogP contribution is 1.92. The molecule has 0 aliphatic carbocycles. The quantitative estimate of drug-likeness (QED) is 0.324. The second kappa shape index (κ2) is 5.64. The van der Waals surface area contributed by atoms with E-state index >= 15 is 0 Å². The largest absolute Gasteiger partial charge is 0.394 e. The van der Waals surface area contributed by atoms with Crippen molar-refractivity contribution in [2.75, 3.05) is 13.2 Å². The van der Waals surface area contributed by atoms with E-state index in [-0.39, 0.29) is 6.54 Å². The fraction of sp³-hybridized carbons (Fsp3) is 0.667. The van der Waals surface area contributed by atoms with Gasteiger partial charge < -0.3 is 20.6 Å². The molecule has 0 aromatic rings. The lowest BCUT2D eigenvalue weighted by atomic mass is 10.1. The minimum Gasteiger partial charge on any atom is -0.394 e. The highest BCUT2D eigenvalue weighted by molar-refractivity contribution is 5.86. The number of ketones is 1. The molecule has 2 atom stereocenters. The van der Waals surface area contributed by atoms with E-state index in [1.807, 2.05) is 5.32 Å². The van der Waals surface area contributed by atoms with Crippen molar-refractivity contribution in [3.8, 4) is 0 Å². The van der Waals surface area contributed by atoms with Gasteiger partial charge in [-0.25, -0.2) is 0 Å². The number of carbonyl (C=O) groups is 2. The molecule has 12 heavy (non-hydrogen) atoms. The molecule has 70 valence electrons. The normalized spacial score (nSPS) is 14.9. The molecule has 6 nitrogen and oxygen atoms in total. The molecule has 0 fully saturated rings. The molecular formula is C6H11NO5. The van der Waals surface area contributed by atoms with Gasteiger partial charge in [-0.3, -0.25) is 9.59 Å². The Morgan fingerprint density at radius 2 is 2.08 bits per heavy atom. The third kappa shape index (κ3) is 3.42. The van der Waals surface area contributed by atoms with E-state index in [0.29, 0.717) is 6.41 Å². The van der Waals surface area contributed by atoms with Gasteiger partial charge >= 0.3 is 0 Å². The van der Waals surface area contributed by atoms with Crippen LogP contribution in [0.3, 0.4) is 0 Å². The van der Waals surface area contributed by atoms with Crippen LogP contribution in [0.1, 0.15) is 0 Å². The predicted molar refractivity (Wildman–Crippen MR) is 38.2 cm³/mol. The highest BCUT2D eigenvalue weighted by Gasteiger charge is 2.22. The van der Waals surface area contributed by atoms with E-state index in [2.05, 4.69) is 0 Å². The van der Waals surface area contributed by atoms with E-state index in [4.69, 9.17) is 15.3 Å². The van der Waals surface area contributed by atoms with Crippen LogP contribution in [0.15, 0.2) is 0 Å². The van der Waals surface area contributed by atoms with Gasteiger partial charge in [0.15, 0.2) is 5.78 Å². The Morgan fingerprint density at radius 3 is 2.50 bits per heavy atom. The third-order valence-electron chi connectivity index (χ3n) is 1.24. The van der Waals surface area contributed by atoms with Crippen LogP contribution in [0.2, 0.25) is 0 Å². The van der Waals surface area contributed by atoms with Crippen LogP contribution in [-0.4, -0.2) is 52.9 Å². The molecular weight excluding hydrogens is 166 g/mol. The van der Waals surface area contributed by atoms with E-state index in [9.17, 15) is 9.59 Å². The topological polar surface area (TPSA) is 107 Å². The number of rotatable bonds is 6. The first-order valence-corrected chi connectivity index (χ1v) is 3.30. The summed E-state index contributed by atoms with van der Waals surface area (Å²) in [5, 5.41) is 28.0. The van der Waals surface area contributed by atoms with Crippen molar-refractivity contribution in [2.45, 2.75) is 12.2 Å². The van der Waals surface area contributed by atoms with Gasteiger partial charge in [-0.15, -0.1) is 0 Å². The van der Waals surface area contributed by atoms with Gasteiger partial charge in [0.25, 0.3) is 0 Å². The van der Waals surface area contributed by atoms with Crippen molar-refractivity contribution in [3.05, 3.63) is 0 Å². The molecule has 0 aromatic carbocycles. The zero-order chi connectivity index (χ0) is 9.56. The Balaban J connectivity index is 3.83. The number of Topliss-reactive ketones (excluding diaryl/α,β-unsaturated/α-hetero) is 1. The first-order valence-electron chi connectivity index (χ1n) is 3.30. The zero-order valence-corrected chi connectivity index (χ0v) is 6.30. The molecule has 0 aromatic heterocycles. The smallest absolute Gasteiger partial charge is 0.207 e. The molecule has 2 unspecified atom stereocenters. The summed E-state index contributed by atoms with van der Waals surface area (Å²) in [4.78, 5) is 20.5. The number of amides is 1. The van der Waals surface area contributed by atoms with Crippen molar-refractivity contribution < 1.29 is 24.9 Å². The number of aliphatic hydroxyl groups excluding tert-OH is 3. The zero-order valence-electron chi connectivity index (χ0n) is 6.30. The maximum atomic E-state index is 10.8. The molecule has 0 aliphatic rings. The first kappa shape index (κ1) is 11.0. The lowest BCUT2D eigenvalue weighted by Crippen LogP contribution is -2.40. The van der Waals surface area contributed by atoms with E-state index in [1.165, 1.54) is 0 Å². The molecule has 0 heterocycles. The Bertz CT molecular complexity index is 160. The van der Waals surface area contributed by atoms with Gasteiger partial charge in [-0.2, -0.15) is 0 Å². The summed E-state index contributed by atoms with van der Waals surface area (Å²) >= 11 is 0. The van der Waals surface area contributed by atoms with E-state index in [0.717, 1.165) is 0 Å². The van der Waals surface area contributed by atoms with E-state index in [1.54, 1.807) is 0 Å². The van der Waals surface area contributed by atoms with Crippen molar-refractivity contribution in [3.63, 3.8) is 0 Å². The minimum atomic E-state index is -1.65. The maximum absolute atomic E-state index is 10.8. The van der Waals surface area contributed by atoms with Gasteiger partial charge in [-0.05, 0) is 0 Å². The average Bonchev–Trinajstić information content (AvgIpc) is 2.11.